The van der Waals surface area contributed by atoms with E-state index in [2.05, 4.69) is 48.1 Å². The minimum absolute atomic E-state index is 0.122. The standard InChI is InChI=1S/C22H27N3O3/c1-6-27-19-13-15(7-12-18(19)26-5)21-23-20(24-25-21)14-28-17-10-8-16(9-11-17)22(2,3)4/h7-13H,6,14H2,1-5H3,(H,23,24,25). The van der Waals surface area contributed by atoms with Crippen LogP contribution < -0.4 is 14.2 Å². The molecule has 0 unspecified atom stereocenters. The molecule has 28 heavy (non-hydrogen) atoms. The molecule has 0 saturated carbocycles. The van der Waals surface area contributed by atoms with Gasteiger partial charge in [0.1, 0.15) is 12.4 Å². The summed E-state index contributed by atoms with van der Waals surface area (Å²) < 4.78 is 16.8. The van der Waals surface area contributed by atoms with Gasteiger partial charge < -0.3 is 14.2 Å². The highest BCUT2D eigenvalue weighted by Gasteiger charge is 2.14. The summed E-state index contributed by atoms with van der Waals surface area (Å²) in [4.78, 5) is 4.52. The Morgan fingerprint density at radius 2 is 1.71 bits per heavy atom. The fourth-order valence-electron chi connectivity index (χ4n) is 2.78. The second kappa shape index (κ2) is 8.33. The Labute approximate surface area is 165 Å². The van der Waals surface area contributed by atoms with Crippen LogP contribution in [0.3, 0.4) is 0 Å². The molecule has 1 N–H and O–H groups in total. The normalized spacial score (nSPS) is 11.3. The minimum atomic E-state index is 0.122. The van der Waals surface area contributed by atoms with Gasteiger partial charge in [0.25, 0.3) is 0 Å². The number of H-pyrrole nitrogens is 1. The molecule has 0 aliphatic carbocycles. The number of hydrogen-bond donors (Lipinski definition) is 1. The van der Waals surface area contributed by atoms with Crippen molar-refractivity contribution in [3.8, 4) is 28.6 Å². The third kappa shape index (κ3) is 4.63. The summed E-state index contributed by atoms with van der Waals surface area (Å²) in [6, 6.07) is 13.8. The first-order valence-corrected chi connectivity index (χ1v) is 9.36. The zero-order valence-corrected chi connectivity index (χ0v) is 17.1. The molecule has 0 amide bonds. The number of rotatable bonds is 7. The van der Waals surface area contributed by atoms with Crippen LogP contribution in [0.4, 0.5) is 0 Å². The van der Waals surface area contributed by atoms with E-state index in [4.69, 9.17) is 14.2 Å². The fraction of sp³-hybridized carbons (Fsp3) is 0.364. The molecule has 1 heterocycles. The molecule has 148 valence electrons. The molecule has 0 bridgehead atoms. The highest BCUT2D eigenvalue weighted by molar-refractivity contribution is 5.60. The van der Waals surface area contributed by atoms with E-state index in [1.54, 1.807) is 7.11 Å². The van der Waals surface area contributed by atoms with E-state index in [1.807, 2.05) is 37.3 Å². The second-order valence-electron chi connectivity index (χ2n) is 7.47. The van der Waals surface area contributed by atoms with Crippen LogP contribution in [0.15, 0.2) is 42.5 Å². The topological polar surface area (TPSA) is 69.3 Å². The van der Waals surface area contributed by atoms with Crippen LogP contribution in [-0.4, -0.2) is 28.9 Å². The van der Waals surface area contributed by atoms with E-state index in [9.17, 15) is 0 Å². The minimum Gasteiger partial charge on any atom is -0.493 e. The van der Waals surface area contributed by atoms with Crippen molar-refractivity contribution in [2.75, 3.05) is 13.7 Å². The molecular weight excluding hydrogens is 354 g/mol. The Morgan fingerprint density at radius 1 is 0.964 bits per heavy atom. The first kappa shape index (κ1) is 19.7. The average Bonchev–Trinajstić information content (AvgIpc) is 3.15. The van der Waals surface area contributed by atoms with E-state index >= 15 is 0 Å². The van der Waals surface area contributed by atoms with Gasteiger partial charge in [-0.1, -0.05) is 32.9 Å². The summed E-state index contributed by atoms with van der Waals surface area (Å²) in [5.41, 5.74) is 2.24. The summed E-state index contributed by atoms with van der Waals surface area (Å²) in [5.74, 6) is 3.40. The lowest BCUT2D eigenvalue weighted by atomic mass is 9.87. The molecule has 0 saturated heterocycles. The molecule has 3 aromatic rings. The van der Waals surface area contributed by atoms with Gasteiger partial charge in [0.2, 0.25) is 0 Å². The van der Waals surface area contributed by atoms with Crippen LogP contribution in [0, 0.1) is 0 Å². The SMILES string of the molecule is CCOc1cc(-c2n[nH]c(COc3ccc(C(C)(C)C)cc3)n2)ccc1OC. The molecule has 6 heteroatoms. The van der Waals surface area contributed by atoms with Gasteiger partial charge >= 0.3 is 0 Å². The average molecular weight is 381 g/mol. The van der Waals surface area contributed by atoms with Crippen molar-refractivity contribution in [1.82, 2.24) is 15.2 Å². The predicted octanol–water partition coefficient (Wildman–Crippen LogP) is 4.76. The third-order valence-electron chi connectivity index (χ3n) is 4.35. The van der Waals surface area contributed by atoms with Gasteiger partial charge in [-0.3, -0.25) is 5.10 Å². The highest BCUT2D eigenvalue weighted by atomic mass is 16.5. The van der Waals surface area contributed by atoms with Crippen molar-refractivity contribution in [2.24, 2.45) is 0 Å². The zero-order chi connectivity index (χ0) is 20.1. The predicted molar refractivity (Wildman–Crippen MR) is 109 cm³/mol. The molecule has 3 rings (SSSR count). The molecule has 1 aromatic heterocycles. The number of hydrogen-bond acceptors (Lipinski definition) is 5. The van der Waals surface area contributed by atoms with Crippen molar-refractivity contribution in [2.45, 2.75) is 39.7 Å². The lowest BCUT2D eigenvalue weighted by Crippen LogP contribution is -2.10. The van der Waals surface area contributed by atoms with E-state index in [1.165, 1.54) is 5.56 Å². The second-order valence-corrected chi connectivity index (χ2v) is 7.47. The van der Waals surface area contributed by atoms with Crippen LogP contribution in [0.25, 0.3) is 11.4 Å². The molecule has 0 atom stereocenters. The maximum absolute atomic E-state index is 5.83. The Kier molecular flexibility index (Phi) is 5.87. The van der Waals surface area contributed by atoms with Gasteiger partial charge in [-0.25, -0.2) is 4.98 Å². The molecular formula is C22H27N3O3. The Hall–Kier alpha value is -3.02. The van der Waals surface area contributed by atoms with Gasteiger partial charge in [0, 0.05) is 5.56 Å². The van der Waals surface area contributed by atoms with Crippen LogP contribution in [0.1, 0.15) is 39.1 Å². The maximum atomic E-state index is 5.83. The first-order valence-electron chi connectivity index (χ1n) is 9.36. The van der Waals surface area contributed by atoms with Crippen molar-refractivity contribution >= 4 is 0 Å². The quantitative estimate of drug-likeness (QED) is 0.639. The van der Waals surface area contributed by atoms with Gasteiger partial charge in [0.15, 0.2) is 23.1 Å². The number of benzene rings is 2. The molecule has 0 aliphatic rings. The van der Waals surface area contributed by atoms with Gasteiger partial charge in [-0.2, -0.15) is 5.10 Å². The Bertz CT molecular complexity index is 912. The lowest BCUT2D eigenvalue weighted by Gasteiger charge is -2.19. The maximum Gasteiger partial charge on any atom is 0.181 e. The smallest absolute Gasteiger partial charge is 0.181 e. The van der Waals surface area contributed by atoms with Crippen LogP contribution >= 0.6 is 0 Å². The molecule has 0 spiro atoms. The zero-order valence-electron chi connectivity index (χ0n) is 17.1. The van der Waals surface area contributed by atoms with Crippen molar-refractivity contribution in [3.63, 3.8) is 0 Å². The van der Waals surface area contributed by atoms with Crippen LogP contribution in [0.5, 0.6) is 17.2 Å². The van der Waals surface area contributed by atoms with Crippen molar-refractivity contribution in [1.29, 1.82) is 0 Å². The first-order chi connectivity index (χ1) is 13.4. The van der Waals surface area contributed by atoms with Gasteiger partial charge in [-0.15, -0.1) is 0 Å². The van der Waals surface area contributed by atoms with Crippen LogP contribution in [0.2, 0.25) is 0 Å². The number of aromatic amines is 1. The van der Waals surface area contributed by atoms with E-state index in [0.717, 1.165) is 11.3 Å². The highest BCUT2D eigenvalue weighted by Crippen LogP contribution is 2.31. The monoisotopic (exact) mass is 381 g/mol. The molecule has 0 fully saturated rings. The van der Waals surface area contributed by atoms with E-state index in [0.29, 0.717) is 36.4 Å². The third-order valence-corrected chi connectivity index (χ3v) is 4.35. The van der Waals surface area contributed by atoms with Crippen molar-refractivity contribution in [3.05, 3.63) is 53.9 Å². The van der Waals surface area contributed by atoms with Gasteiger partial charge in [-0.05, 0) is 48.2 Å². The Balaban J connectivity index is 1.68. The largest absolute Gasteiger partial charge is 0.493 e. The molecule has 0 aliphatic heterocycles. The number of nitrogens with zero attached hydrogens (tertiary/aromatic N) is 2. The van der Waals surface area contributed by atoms with Crippen LogP contribution in [-0.2, 0) is 12.0 Å². The van der Waals surface area contributed by atoms with Crippen molar-refractivity contribution < 1.29 is 14.2 Å². The fourth-order valence-corrected chi connectivity index (χ4v) is 2.78. The molecule has 0 radical (unpaired) electrons. The summed E-state index contributed by atoms with van der Waals surface area (Å²) in [6.45, 7) is 9.37. The molecule has 6 nitrogen and oxygen atoms in total. The van der Waals surface area contributed by atoms with E-state index < -0.39 is 0 Å². The summed E-state index contributed by atoms with van der Waals surface area (Å²) in [7, 11) is 1.62. The number of nitrogens with one attached hydrogen (secondary N) is 1. The summed E-state index contributed by atoms with van der Waals surface area (Å²) in [5, 5.41) is 7.22. The van der Waals surface area contributed by atoms with Gasteiger partial charge in [0.05, 0.1) is 13.7 Å². The molecule has 2 aromatic carbocycles. The summed E-state index contributed by atoms with van der Waals surface area (Å²) >= 11 is 0. The van der Waals surface area contributed by atoms with E-state index in [-0.39, 0.29) is 5.41 Å². The number of ether oxygens (including phenoxy) is 3. The summed E-state index contributed by atoms with van der Waals surface area (Å²) in [6.07, 6.45) is 0. The number of methoxy groups -OCH3 is 1. The Morgan fingerprint density at radius 3 is 2.36 bits per heavy atom. The lowest BCUT2D eigenvalue weighted by molar-refractivity contribution is 0.296. The number of aromatic nitrogens is 3.